The highest BCUT2D eigenvalue weighted by atomic mass is 16.5. The molecular formula is C21H20O8. The number of ether oxygens (including phenoxy) is 2. The quantitative estimate of drug-likeness (QED) is 0.517. The lowest BCUT2D eigenvalue weighted by molar-refractivity contribution is -0.0413. The van der Waals surface area contributed by atoms with E-state index < -0.39 is 22.9 Å². The van der Waals surface area contributed by atoms with E-state index in [1.807, 2.05) is 0 Å². The van der Waals surface area contributed by atoms with Crippen LogP contribution in [0, 0.1) is 0 Å². The molecule has 4 rings (SSSR count). The fourth-order valence-corrected chi connectivity index (χ4v) is 3.52. The highest BCUT2D eigenvalue weighted by Gasteiger charge is 2.39. The van der Waals surface area contributed by atoms with Crippen LogP contribution in [0.2, 0.25) is 0 Å². The summed E-state index contributed by atoms with van der Waals surface area (Å²) in [6, 6.07) is 3.71. The van der Waals surface area contributed by atoms with Crippen LogP contribution < -0.4 is 14.9 Å². The number of fused-ring (bicyclic) bond motifs is 2. The molecule has 1 aliphatic heterocycles. The van der Waals surface area contributed by atoms with Gasteiger partial charge >= 0.3 is 0 Å². The van der Waals surface area contributed by atoms with Gasteiger partial charge < -0.3 is 34.3 Å². The van der Waals surface area contributed by atoms with Gasteiger partial charge in [-0.3, -0.25) is 4.79 Å². The number of phenols is 3. The molecule has 0 aliphatic carbocycles. The molecule has 1 atom stereocenters. The van der Waals surface area contributed by atoms with Gasteiger partial charge in [-0.1, -0.05) is 0 Å². The van der Waals surface area contributed by atoms with E-state index in [1.54, 1.807) is 13.8 Å². The summed E-state index contributed by atoms with van der Waals surface area (Å²) < 4.78 is 16.7. The number of hydrogen-bond acceptors (Lipinski definition) is 8. The maximum atomic E-state index is 13.1. The Balaban J connectivity index is 2.05. The van der Waals surface area contributed by atoms with Gasteiger partial charge in [0, 0.05) is 29.7 Å². The zero-order valence-electron chi connectivity index (χ0n) is 16.0. The summed E-state index contributed by atoms with van der Waals surface area (Å²) in [5.74, 6) is -0.522. The third kappa shape index (κ3) is 2.84. The number of benzene rings is 2. The highest BCUT2D eigenvalue weighted by Crippen LogP contribution is 2.48. The number of rotatable bonds is 2. The van der Waals surface area contributed by atoms with Gasteiger partial charge in [0.2, 0.25) is 5.43 Å². The van der Waals surface area contributed by atoms with Crippen molar-refractivity contribution in [2.45, 2.75) is 32.0 Å². The van der Waals surface area contributed by atoms with Gasteiger partial charge in [0.25, 0.3) is 0 Å². The molecule has 0 unspecified atom stereocenters. The smallest absolute Gasteiger partial charge is 0.204 e. The van der Waals surface area contributed by atoms with E-state index in [4.69, 9.17) is 13.9 Å². The van der Waals surface area contributed by atoms with Crippen LogP contribution in [0.4, 0.5) is 0 Å². The first kappa shape index (κ1) is 18.9. The van der Waals surface area contributed by atoms with Crippen molar-refractivity contribution in [3.63, 3.8) is 0 Å². The Kier molecular flexibility index (Phi) is 4.13. The molecule has 2 heterocycles. The first-order valence-corrected chi connectivity index (χ1v) is 8.91. The third-order valence-electron chi connectivity index (χ3n) is 5.23. The molecule has 0 amide bonds. The van der Waals surface area contributed by atoms with Crippen molar-refractivity contribution in [1.82, 2.24) is 0 Å². The van der Waals surface area contributed by atoms with Gasteiger partial charge in [-0.05, 0) is 19.9 Å². The van der Waals surface area contributed by atoms with Crippen LogP contribution in [-0.2, 0) is 6.42 Å². The molecule has 0 fully saturated rings. The Hall–Kier alpha value is -3.39. The fourth-order valence-electron chi connectivity index (χ4n) is 3.52. The zero-order chi connectivity index (χ0) is 21.1. The summed E-state index contributed by atoms with van der Waals surface area (Å²) >= 11 is 0. The van der Waals surface area contributed by atoms with Crippen LogP contribution in [0.15, 0.2) is 33.7 Å². The molecule has 0 saturated carbocycles. The molecule has 4 N–H and O–H groups in total. The van der Waals surface area contributed by atoms with Gasteiger partial charge in [0.15, 0.2) is 11.5 Å². The lowest BCUT2D eigenvalue weighted by Gasteiger charge is -2.38. The summed E-state index contributed by atoms with van der Waals surface area (Å²) in [5, 5.41) is 40.6. The van der Waals surface area contributed by atoms with Gasteiger partial charge in [-0.2, -0.15) is 0 Å². The number of aromatic hydroxyl groups is 3. The monoisotopic (exact) mass is 400 g/mol. The van der Waals surface area contributed by atoms with Crippen LogP contribution in [0.1, 0.15) is 19.4 Å². The Morgan fingerprint density at radius 1 is 1.14 bits per heavy atom. The maximum absolute atomic E-state index is 13.1. The summed E-state index contributed by atoms with van der Waals surface area (Å²) in [4.78, 5) is 13.1. The van der Waals surface area contributed by atoms with Crippen LogP contribution in [0.3, 0.4) is 0 Å². The van der Waals surface area contributed by atoms with Gasteiger partial charge in [-0.15, -0.1) is 0 Å². The first-order valence-electron chi connectivity index (χ1n) is 8.91. The lowest BCUT2D eigenvalue weighted by atomic mass is 9.88. The van der Waals surface area contributed by atoms with E-state index in [-0.39, 0.29) is 51.5 Å². The Bertz CT molecular complexity index is 1190. The Labute approximate surface area is 165 Å². The molecule has 0 radical (unpaired) electrons. The normalized spacial score (nSPS) is 17.6. The summed E-state index contributed by atoms with van der Waals surface area (Å²) in [7, 11) is 1.37. The molecular weight excluding hydrogens is 380 g/mol. The van der Waals surface area contributed by atoms with Crippen LogP contribution in [0.25, 0.3) is 22.1 Å². The second kappa shape index (κ2) is 6.31. The minimum Gasteiger partial charge on any atom is -0.508 e. The predicted molar refractivity (Wildman–Crippen MR) is 104 cm³/mol. The van der Waals surface area contributed by atoms with E-state index in [1.165, 1.54) is 25.5 Å². The minimum atomic E-state index is -0.965. The molecule has 0 spiro atoms. The topological polar surface area (TPSA) is 130 Å². The minimum absolute atomic E-state index is 0.0209. The van der Waals surface area contributed by atoms with Crippen molar-refractivity contribution >= 4 is 11.0 Å². The summed E-state index contributed by atoms with van der Waals surface area (Å²) in [6.45, 7) is 3.40. The molecule has 152 valence electrons. The SMILES string of the molecule is COc1cc(-c2coc3cc(O)cc(O)c3c2=O)c2c(c1O)C[C@H](O)C(C)(C)O2. The fraction of sp³-hybridized carbons (Fsp3) is 0.286. The van der Waals surface area contributed by atoms with Crippen molar-refractivity contribution in [2.75, 3.05) is 7.11 Å². The van der Waals surface area contributed by atoms with Crippen LogP contribution in [0.5, 0.6) is 28.7 Å². The van der Waals surface area contributed by atoms with Crippen molar-refractivity contribution in [3.8, 4) is 39.9 Å². The highest BCUT2D eigenvalue weighted by molar-refractivity contribution is 5.89. The van der Waals surface area contributed by atoms with Gasteiger partial charge in [-0.25, -0.2) is 0 Å². The molecule has 0 saturated heterocycles. The standard InChI is InChI=1S/C21H20O8/c1-21(2)16(24)7-11-18(25)15(27-3)6-10(20(11)29-21)12-8-28-14-5-9(22)4-13(23)17(14)19(12)26/h4-6,8,16,22-25H,7H2,1-3H3/t16-/m0/s1. The number of methoxy groups -OCH3 is 1. The summed E-state index contributed by atoms with van der Waals surface area (Å²) in [5.41, 5.74) is -0.828. The molecule has 3 aromatic rings. The zero-order valence-corrected chi connectivity index (χ0v) is 16.0. The maximum Gasteiger partial charge on any atom is 0.204 e. The van der Waals surface area contributed by atoms with Crippen molar-refractivity contribution < 1.29 is 34.3 Å². The molecule has 8 heteroatoms. The second-order valence-electron chi connectivity index (χ2n) is 7.52. The van der Waals surface area contributed by atoms with Crippen LogP contribution >= 0.6 is 0 Å². The van der Waals surface area contributed by atoms with Crippen molar-refractivity contribution in [1.29, 1.82) is 0 Å². The van der Waals surface area contributed by atoms with E-state index in [0.717, 1.165) is 6.07 Å². The van der Waals surface area contributed by atoms with E-state index in [2.05, 4.69) is 0 Å². The third-order valence-corrected chi connectivity index (χ3v) is 5.23. The first-order chi connectivity index (χ1) is 13.6. The van der Waals surface area contributed by atoms with Gasteiger partial charge in [0.1, 0.15) is 40.1 Å². The summed E-state index contributed by atoms with van der Waals surface area (Å²) in [6.07, 6.45) is 0.397. The average Bonchev–Trinajstić information content (AvgIpc) is 2.64. The van der Waals surface area contributed by atoms with Crippen molar-refractivity contribution in [2.24, 2.45) is 0 Å². The molecule has 2 aromatic carbocycles. The average molecular weight is 400 g/mol. The van der Waals surface area contributed by atoms with Crippen molar-refractivity contribution in [3.05, 3.63) is 40.2 Å². The molecule has 29 heavy (non-hydrogen) atoms. The van der Waals surface area contributed by atoms with E-state index in [9.17, 15) is 25.2 Å². The number of aliphatic hydroxyl groups excluding tert-OH is 1. The van der Waals surface area contributed by atoms with Gasteiger partial charge in [0.05, 0.1) is 18.8 Å². The lowest BCUT2D eigenvalue weighted by Crippen LogP contribution is -2.46. The largest absolute Gasteiger partial charge is 0.508 e. The molecule has 1 aliphatic rings. The number of aliphatic hydroxyl groups is 1. The van der Waals surface area contributed by atoms with E-state index >= 15 is 0 Å². The van der Waals surface area contributed by atoms with E-state index in [0.29, 0.717) is 5.56 Å². The Morgan fingerprint density at radius 3 is 2.55 bits per heavy atom. The second-order valence-corrected chi connectivity index (χ2v) is 7.52. The molecule has 1 aromatic heterocycles. The molecule has 8 nitrogen and oxygen atoms in total. The van der Waals surface area contributed by atoms with Crippen LogP contribution in [-0.4, -0.2) is 39.2 Å². The molecule has 0 bridgehead atoms. The number of phenolic OH excluding ortho intramolecular Hbond substituents is 3. The number of hydrogen-bond donors (Lipinski definition) is 4. The predicted octanol–water partition coefficient (Wildman–Crippen LogP) is 2.66. The Morgan fingerprint density at radius 2 is 1.86 bits per heavy atom.